The van der Waals surface area contributed by atoms with Gasteiger partial charge in [0.05, 0.1) is 31.5 Å². The molecule has 0 radical (unpaired) electrons. The van der Waals surface area contributed by atoms with E-state index < -0.39 is 22.2 Å². The Labute approximate surface area is 248 Å². The third kappa shape index (κ3) is 11.2. The number of hydrogen-bond acceptors (Lipinski definition) is 5. The first-order chi connectivity index (χ1) is 18.1. The molecule has 0 saturated heterocycles. The van der Waals surface area contributed by atoms with Crippen molar-refractivity contribution in [2.24, 2.45) is 5.92 Å². The Balaban J connectivity index is 3.52. The fraction of sp³-hybridized carbons (Fsp3) is 0.727. The van der Waals surface area contributed by atoms with Crippen molar-refractivity contribution in [2.45, 2.75) is 137 Å². The van der Waals surface area contributed by atoms with Gasteiger partial charge in [0.25, 0.3) is 0 Å². The minimum Gasteiger partial charge on any atom is -0.463 e. The molecular formula is C33H60O5Si2. The van der Waals surface area contributed by atoms with E-state index in [1.165, 1.54) is 0 Å². The molecule has 0 bridgehead atoms. The Bertz CT molecular complexity index is 942. The molecule has 1 rings (SSSR count). The fourth-order valence-electron chi connectivity index (χ4n) is 3.99. The van der Waals surface area contributed by atoms with E-state index in [0.717, 1.165) is 24.0 Å². The van der Waals surface area contributed by atoms with Gasteiger partial charge in [0.15, 0.2) is 16.6 Å². The lowest BCUT2D eigenvalue weighted by Crippen LogP contribution is -2.59. The topological polar surface area (TPSA) is 54.0 Å². The van der Waals surface area contributed by atoms with Crippen molar-refractivity contribution >= 4 is 22.6 Å². The van der Waals surface area contributed by atoms with E-state index >= 15 is 0 Å². The molecule has 1 aromatic carbocycles. The number of rotatable bonds is 15. The van der Waals surface area contributed by atoms with Crippen molar-refractivity contribution < 1.29 is 23.1 Å². The minimum absolute atomic E-state index is 0.0301. The van der Waals surface area contributed by atoms with Crippen molar-refractivity contribution in [3.8, 4) is 0 Å². The summed E-state index contributed by atoms with van der Waals surface area (Å²) < 4.78 is 26.1. The van der Waals surface area contributed by atoms with E-state index in [4.69, 9.17) is 18.3 Å². The van der Waals surface area contributed by atoms with Crippen LogP contribution in [-0.2, 0) is 29.7 Å². The Kier molecular flexibility index (Phi) is 13.6. The summed E-state index contributed by atoms with van der Waals surface area (Å²) in [6.45, 7) is 32.5. The van der Waals surface area contributed by atoms with Crippen molar-refractivity contribution in [3.63, 3.8) is 0 Å². The highest BCUT2D eigenvalue weighted by Crippen LogP contribution is 2.44. The van der Waals surface area contributed by atoms with Gasteiger partial charge in [0.2, 0.25) is 0 Å². The summed E-state index contributed by atoms with van der Waals surface area (Å²) in [7, 11) is -4.38. The quantitative estimate of drug-likeness (QED) is 0.115. The zero-order valence-electron chi connectivity index (χ0n) is 28.2. The molecule has 0 aliphatic heterocycles. The van der Waals surface area contributed by atoms with Crippen LogP contribution in [-0.4, -0.2) is 47.5 Å². The molecule has 0 aliphatic rings. The van der Waals surface area contributed by atoms with Gasteiger partial charge in [-0.05, 0) is 74.4 Å². The molecule has 0 fully saturated rings. The SMILES string of the molecule is CCOC(=O)/C=C(/CC[C@@](C)(O[Si](C)(C)C(C)(C)C)[C@H](COCc1ccccc1)O[Si](C)(C)C(C)(C)C)C(C)C. The molecule has 0 aliphatic carbocycles. The average molecular weight is 593 g/mol. The monoisotopic (exact) mass is 592 g/mol. The first-order valence-electron chi connectivity index (χ1n) is 15.0. The molecule has 40 heavy (non-hydrogen) atoms. The molecule has 0 amide bonds. The predicted octanol–water partition coefficient (Wildman–Crippen LogP) is 9.30. The van der Waals surface area contributed by atoms with Crippen LogP contribution in [0, 0.1) is 5.92 Å². The van der Waals surface area contributed by atoms with Crippen LogP contribution in [0.3, 0.4) is 0 Å². The van der Waals surface area contributed by atoms with E-state index in [0.29, 0.717) is 19.8 Å². The molecular weight excluding hydrogens is 533 g/mol. The number of carbonyl (C=O) groups is 1. The van der Waals surface area contributed by atoms with E-state index in [1.807, 2.05) is 25.1 Å². The Hall–Kier alpha value is -1.26. The zero-order chi connectivity index (χ0) is 31.0. The standard InChI is InChI=1S/C33H60O5Si2/c1-15-36-30(34)23-28(26(2)3)21-22-33(10,38-40(13,14)32(7,8)9)29(37-39(11,12)31(4,5)6)25-35-24-27-19-17-16-18-20-27/h16-20,23,26,29H,15,21-22,24-25H2,1-14H3/b28-23-/t29-,33+/m0/s1. The molecule has 7 heteroatoms. The van der Waals surface area contributed by atoms with Crippen molar-refractivity contribution in [2.75, 3.05) is 13.2 Å². The number of ether oxygens (including phenoxy) is 2. The maximum absolute atomic E-state index is 12.4. The molecule has 5 nitrogen and oxygen atoms in total. The van der Waals surface area contributed by atoms with Crippen LogP contribution in [0.4, 0.5) is 0 Å². The summed E-state index contributed by atoms with van der Waals surface area (Å²) in [6.07, 6.45) is 2.85. The number of allylic oxidation sites excluding steroid dienone is 1. The van der Waals surface area contributed by atoms with Gasteiger partial charge in [-0.1, -0.05) is 91.3 Å². The van der Waals surface area contributed by atoms with Crippen molar-refractivity contribution in [1.29, 1.82) is 0 Å². The second-order valence-electron chi connectivity index (χ2n) is 14.7. The summed E-state index contributed by atoms with van der Waals surface area (Å²) in [4.78, 5) is 12.4. The van der Waals surface area contributed by atoms with Gasteiger partial charge < -0.3 is 18.3 Å². The Morgan fingerprint density at radius 1 is 0.900 bits per heavy atom. The van der Waals surface area contributed by atoms with Crippen LogP contribution in [0.25, 0.3) is 0 Å². The highest BCUT2D eigenvalue weighted by Gasteiger charge is 2.49. The summed E-state index contributed by atoms with van der Waals surface area (Å²) in [5, 5.41) is 0.0673. The number of carbonyl (C=O) groups excluding carboxylic acids is 1. The number of hydrogen-bond donors (Lipinski definition) is 0. The summed E-state index contributed by atoms with van der Waals surface area (Å²) in [6, 6.07) is 10.3. The van der Waals surface area contributed by atoms with Crippen LogP contribution >= 0.6 is 0 Å². The molecule has 0 spiro atoms. The predicted molar refractivity (Wildman–Crippen MR) is 174 cm³/mol. The van der Waals surface area contributed by atoms with Crippen molar-refractivity contribution in [3.05, 3.63) is 47.5 Å². The Morgan fingerprint density at radius 3 is 1.93 bits per heavy atom. The Morgan fingerprint density at radius 2 is 1.45 bits per heavy atom. The summed E-state index contributed by atoms with van der Waals surface area (Å²) >= 11 is 0. The fourth-order valence-corrected chi connectivity index (χ4v) is 7.08. The van der Waals surface area contributed by atoms with E-state index in [-0.39, 0.29) is 28.1 Å². The molecule has 0 unspecified atom stereocenters. The third-order valence-electron chi connectivity index (χ3n) is 8.84. The molecule has 230 valence electrons. The lowest BCUT2D eigenvalue weighted by Gasteiger charge is -2.50. The summed E-state index contributed by atoms with van der Waals surface area (Å²) in [5.41, 5.74) is 1.59. The van der Waals surface area contributed by atoms with E-state index in [9.17, 15) is 4.79 Å². The van der Waals surface area contributed by atoms with Crippen LogP contribution in [0.5, 0.6) is 0 Å². The summed E-state index contributed by atoms with van der Waals surface area (Å²) in [5.74, 6) is -0.0610. The molecule has 0 N–H and O–H groups in total. The average Bonchev–Trinajstić information content (AvgIpc) is 2.80. The lowest BCUT2D eigenvalue weighted by atomic mass is 9.88. The van der Waals surface area contributed by atoms with Crippen LogP contribution in [0.15, 0.2) is 42.0 Å². The second-order valence-corrected chi connectivity index (χ2v) is 24.1. The number of benzene rings is 1. The largest absolute Gasteiger partial charge is 0.463 e. The first-order valence-corrected chi connectivity index (χ1v) is 20.8. The molecule has 0 aromatic heterocycles. The van der Waals surface area contributed by atoms with Gasteiger partial charge >= 0.3 is 5.97 Å². The lowest BCUT2D eigenvalue weighted by molar-refractivity contribution is -0.137. The van der Waals surface area contributed by atoms with Gasteiger partial charge in [-0.3, -0.25) is 0 Å². The van der Waals surface area contributed by atoms with E-state index in [2.05, 4.69) is 101 Å². The first kappa shape index (κ1) is 36.8. The maximum atomic E-state index is 12.4. The number of esters is 1. The molecule has 1 aromatic rings. The molecule has 2 atom stereocenters. The minimum atomic E-state index is -2.20. The second kappa shape index (κ2) is 14.8. The normalized spacial score (nSPS) is 16.1. The van der Waals surface area contributed by atoms with Gasteiger partial charge in [-0.25, -0.2) is 4.79 Å². The van der Waals surface area contributed by atoms with Crippen LogP contribution in [0.2, 0.25) is 36.3 Å². The van der Waals surface area contributed by atoms with Gasteiger partial charge in [-0.2, -0.15) is 0 Å². The highest BCUT2D eigenvalue weighted by atomic mass is 28.4. The van der Waals surface area contributed by atoms with Gasteiger partial charge in [-0.15, -0.1) is 0 Å². The molecule has 0 heterocycles. The third-order valence-corrected chi connectivity index (χ3v) is 17.9. The van der Waals surface area contributed by atoms with Gasteiger partial charge in [0, 0.05) is 6.08 Å². The molecule has 0 saturated carbocycles. The highest BCUT2D eigenvalue weighted by molar-refractivity contribution is 6.74. The zero-order valence-corrected chi connectivity index (χ0v) is 30.2. The maximum Gasteiger partial charge on any atom is 0.330 e. The van der Waals surface area contributed by atoms with E-state index in [1.54, 1.807) is 6.08 Å². The van der Waals surface area contributed by atoms with Gasteiger partial charge in [0.1, 0.15) is 0 Å². The van der Waals surface area contributed by atoms with Crippen LogP contribution in [0.1, 0.15) is 87.6 Å². The van der Waals surface area contributed by atoms with Crippen LogP contribution < -0.4 is 0 Å². The smallest absolute Gasteiger partial charge is 0.330 e. The van der Waals surface area contributed by atoms with Crippen molar-refractivity contribution in [1.82, 2.24) is 0 Å².